The quantitative estimate of drug-likeness (QED) is 0.803. The van der Waals surface area contributed by atoms with Crippen LogP contribution in [0.4, 0.5) is 8.78 Å². The molecule has 1 aromatic rings. The normalized spacial score (nSPS) is 10.9. The molecule has 0 heterocycles. The van der Waals surface area contributed by atoms with E-state index in [-0.39, 0.29) is 11.3 Å². The Bertz CT molecular complexity index is 416. The lowest BCUT2D eigenvalue weighted by molar-refractivity contribution is -0.210. The number of hydrogen-bond donors (Lipinski definition) is 2. The van der Waals surface area contributed by atoms with Crippen LogP contribution < -0.4 is 10.5 Å². The van der Waals surface area contributed by atoms with Gasteiger partial charge in [0.1, 0.15) is 5.75 Å². The van der Waals surface area contributed by atoms with Gasteiger partial charge in [0.2, 0.25) is 5.91 Å². The maximum absolute atomic E-state index is 12.6. The first-order valence-corrected chi connectivity index (χ1v) is 4.03. The van der Waals surface area contributed by atoms with E-state index < -0.39 is 18.0 Å². The van der Waals surface area contributed by atoms with Crippen molar-refractivity contribution in [3.05, 3.63) is 29.8 Å². The number of nitrogens with two attached hydrogens (primary N) is 1. The van der Waals surface area contributed by atoms with Crippen molar-refractivity contribution >= 4 is 11.9 Å². The average Bonchev–Trinajstić information content (AvgIpc) is 2.17. The van der Waals surface area contributed by atoms with Crippen LogP contribution in [-0.4, -0.2) is 23.1 Å². The average molecular weight is 231 g/mol. The molecular weight excluding hydrogens is 224 g/mol. The fraction of sp³-hybridized carbons (Fsp3) is 0.111. The number of carboxylic acid groups (broad SMARTS) is 1. The van der Waals surface area contributed by atoms with E-state index in [0.717, 1.165) is 24.3 Å². The number of rotatable bonds is 4. The summed E-state index contributed by atoms with van der Waals surface area (Å²) in [4.78, 5) is 20.7. The summed E-state index contributed by atoms with van der Waals surface area (Å²) in [6.45, 7) is 0. The number of carbonyl (C=O) groups is 2. The first kappa shape index (κ1) is 11.9. The number of halogens is 2. The summed E-state index contributed by atoms with van der Waals surface area (Å²) in [6, 6.07) is 4.35. The standard InChI is InChI=1S/C9H7F2NO4/c10-9(11,8(14)15)16-6-3-1-5(2-4-6)7(12)13/h1-4H,(H2,12,13)(H,14,15). The molecule has 1 rings (SSSR count). The second-order valence-electron chi connectivity index (χ2n) is 2.81. The Morgan fingerprint density at radius 2 is 1.75 bits per heavy atom. The molecule has 86 valence electrons. The number of aliphatic carboxylic acids is 1. The molecule has 0 fully saturated rings. The molecule has 0 radical (unpaired) electrons. The van der Waals surface area contributed by atoms with Crippen LogP contribution >= 0.6 is 0 Å². The summed E-state index contributed by atoms with van der Waals surface area (Å²) in [5, 5.41) is 8.10. The Balaban J connectivity index is 2.84. The molecule has 3 N–H and O–H groups in total. The second kappa shape index (κ2) is 4.13. The van der Waals surface area contributed by atoms with Crippen molar-refractivity contribution < 1.29 is 28.2 Å². The number of alkyl halides is 2. The molecule has 0 bridgehead atoms. The lowest BCUT2D eigenvalue weighted by Crippen LogP contribution is -2.34. The lowest BCUT2D eigenvalue weighted by Gasteiger charge is -2.12. The van der Waals surface area contributed by atoms with Crippen LogP contribution in [0.15, 0.2) is 24.3 Å². The zero-order valence-electron chi connectivity index (χ0n) is 7.81. The maximum Gasteiger partial charge on any atom is 0.501 e. The Morgan fingerprint density at radius 3 is 2.12 bits per heavy atom. The third kappa shape index (κ3) is 2.66. The van der Waals surface area contributed by atoms with E-state index in [0.29, 0.717) is 0 Å². The zero-order valence-corrected chi connectivity index (χ0v) is 7.81. The molecule has 0 saturated heterocycles. The van der Waals surface area contributed by atoms with E-state index in [1.165, 1.54) is 0 Å². The largest absolute Gasteiger partial charge is 0.501 e. The van der Waals surface area contributed by atoms with Gasteiger partial charge >= 0.3 is 12.1 Å². The van der Waals surface area contributed by atoms with Crippen molar-refractivity contribution in [1.29, 1.82) is 0 Å². The molecule has 1 amide bonds. The molecule has 0 aliphatic rings. The summed E-state index contributed by atoms with van der Waals surface area (Å²) in [5.74, 6) is -3.50. The van der Waals surface area contributed by atoms with Gasteiger partial charge in [-0.15, -0.1) is 0 Å². The second-order valence-corrected chi connectivity index (χ2v) is 2.81. The van der Waals surface area contributed by atoms with Gasteiger partial charge in [0.05, 0.1) is 0 Å². The number of primary amides is 1. The Hall–Kier alpha value is -2.18. The number of amides is 1. The van der Waals surface area contributed by atoms with Crippen molar-refractivity contribution in [3.63, 3.8) is 0 Å². The van der Waals surface area contributed by atoms with Crippen LogP contribution in [-0.2, 0) is 4.79 Å². The molecule has 7 heteroatoms. The van der Waals surface area contributed by atoms with Gasteiger partial charge in [-0.2, -0.15) is 8.78 Å². The minimum Gasteiger partial charge on any atom is -0.474 e. The summed E-state index contributed by atoms with van der Waals surface area (Å²) in [7, 11) is 0. The van der Waals surface area contributed by atoms with Crippen LogP contribution in [0.2, 0.25) is 0 Å². The minimum absolute atomic E-state index is 0.103. The maximum atomic E-state index is 12.6. The van der Waals surface area contributed by atoms with Gasteiger partial charge in [-0.05, 0) is 24.3 Å². The molecule has 5 nitrogen and oxygen atoms in total. The van der Waals surface area contributed by atoms with E-state index in [1.807, 2.05) is 0 Å². The van der Waals surface area contributed by atoms with Crippen LogP contribution in [0.25, 0.3) is 0 Å². The molecule has 0 aliphatic heterocycles. The van der Waals surface area contributed by atoms with E-state index in [2.05, 4.69) is 4.74 Å². The van der Waals surface area contributed by atoms with Crippen LogP contribution in [0, 0.1) is 0 Å². The lowest BCUT2D eigenvalue weighted by atomic mass is 10.2. The number of carboxylic acids is 1. The highest BCUT2D eigenvalue weighted by Crippen LogP contribution is 2.21. The monoisotopic (exact) mass is 231 g/mol. The van der Waals surface area contributed by atoms with Gasteiger partial charge in [-0.3, -0.25) is 4.79 Å². The molecule has 0 unspecified atom stereocenters. The SMILES string of the molecule is NC(=O)c1ccc(OC(F)(F)C(=O)O)cc1. The number of benzene rings is 1. The van der Waals surface area contributed by atoms with Crippen LogP contribution in [0.5, 0.6) is 5.75 Å². The molecule has 0 aliphatic carbocycles. The molecule has 0 saturated carbocycles. The van der Waals surface area contributed by atoms with Crippen molar-refractivity contribution in [3.8, 4) is 5.75 Å². The molecule has 16 heavy (non-hydrogen) atoms. The van der Waals surface area contributed by atoms with E-state index in [1.54, 1.807) is 0 Å². The van der Waals surface area contributed by atoms with Gasteiger partial charge in [-0.25, -0.2) is 4.79 Å². The smallest absolute Gasteiger partial charge is 0.474 e. The first-order chi connectivity index (χ1) is 7.33. The Kier molecular flexibility index (Phi) is 3.07. The van der Waals surface area contributed by atoms with Crippen molar-refractivity contribution in [2.45, 2.75) is 6.11 Å². The Labute approximate surface area is 88.4 Å². The number of carbonyl (C=O) groups excluding carboxylic acids is 1. The Morgan fingerprint density at radius 1 is 1.25 bits per heavy atom. The highest BCUT2D eigenvalue weighted by Gasteiger charge is 2.42. The van der Waals surface area contributed by atoms with E-state index in [4.69, 9.17) is 10.8 Å². The fourth-order valence-corrected chi connectivity index (χ4v) is 0.879. The van der Waals surface area contributed by atoms with E-state index >= 15 is 0 Å². The van der Waals surface area contributed by atoms with Crippen molar-refractivity contribution in [2.75, 3.05) is 0 Å². The zero-order chi connectivity index (χ0) is 12.3. The van der Waals surface area contributed by atoms with Gasteiger partial charge in [0.15, 0.2) is 0 Å². The molecule has 1 aromatic carbocycles. The third-order valence-corrected chi connectivity index (χ3v) is 1.63. The predicted molar refractivity (Wildman–Crippen MR) is 48.2 cm³/mol. The summed E-state index contributed by atoms with van der Waals surface area (Å²) in [5.41, 5.74) is 5.02. The number of hydrogen-bond acceptors (Lipinski definition) is 3. The summed E-state index contributed by atoms with van der Waals surface area (Å²) in [6.07, 6.45) is -4.31. The summed E-state index contributed by atoms with van der Waals surface area (Å²) < 4.78 is 29.1. The van der Waals surface area contributed by atoms with Crippen molar-refractivity contribution in [1.82, 2.24) is 0 Å². The predicted octanol–water partition coefficient (Wildman–Crippen LogP) is 0.842. The van der Waals surface area contributed by atoms with Gasteiger partial charge in [-0.1, -0.05) is 0 Å². The van der Waals surface area contributed by atoms with E-state index in [9.17, 15) is 18.4 Å². The molecule has 0 aromatic heterocycles. The molecular formula is C9H7F2NO4. The molecule has 0 atom stereocenters. The fourth-order valence-electron chi connectivity index (χ4n) is 0.879. The highest BCUT2D eigenvalue weighted by atomic mass is 19.3. The van der Waals surface area contributed by atoms with Crippen LogP contribution in [0.1, 0.15) is 10.4 Å². The highest BCUT2D eigenvalue weighted by molar-refractivity contribution is 5.92. The topological polar surface area (TPSA) is 89.6 Å². The van der Waals surface area contributed by atoms with Gasteiger partial charge in [0, 0.05) is 5.56 Å². The summed E-state index contributed by atoms with van der Waals surface area (Å²) >= 11 is 0. The van der Waals surface area contributed by atoms with Gasteiger partial charge < -0.3 is 15.6 Å². The van der Waals surface area contributed by atoms with Crippen LogP contribution in [0.3, 0.4) is 0 Å². The van der Waals surface area contributed by atoms with Gasteiger partial charge in [0.25, 0.3) is 0 Å². The third-order valence-electron chi connectivity index (χ3n) is 1.63. The number of ether oxygens (including phenoxy) is 1. The van der Waals surface area contributed by atoms with Crippen molar-refractivity contribution in [2.24, 2.45) is 5.73 Å². The first-order valence-electron chi connectivity index (χ1n) is 4.03. The minimum atomic E-state index is -4.31. The molecule has 0 spiro atoms.